The molecule has 0 saturated carbocycles. The molecule has 0 atom stereocenters. The lowest BCUT2D eigenvalue weighted by Crippen LogP contribution is -2.02. The Bertz CT molecular complexity index is 861. The number of hydrogen-bond donors (Lipinski definition) is 0. The van der Waals surface area contributed by atoms with Crippen LogP contribution in [0.5, 0.6) is 0 Å². The average molecular weight is 347 g/mol. The minimum absolute atomic E-state index is 0.487. The third-order valence-electron chi connectivity index (χ3n) is 3.95. The van der Waals surface area contributed by atoms with E-state index in [1.54, 1.807) is 6.20 Å². The maximum atomic E-state index is 13.6. The monoisotopic (exact) mass is 347 g/mol. The van der Waals surface area contributed by atoms with Gasteiger partial charge in [-0.3, -0.25) is 4.98 Å². The Morgan fingerprint density at radius 2 is 1.96 bits per heavy atom. The van der Waals surface area contributed by atoms with Crippen LogP contribution in [0.3, 0.4) is 0 Å². The van der Waals surface area contributed by atoms with E-state index in [2.05, 4.69) is 14.5 Å². The van der Waals surface area contributed by atoms with Crippen LogP contribution in [-0.4, -0.2) is 20.3 Å². The molecule has 3 nitrogen and oxygen atoms in total. The zero-order valence-electron chi connectivity index (χ0n) is 13.7. The Labute approximate surface area is 144 Å². The highest BCUT2D eigenvalue weighted by Crippen LogP contribution is 2.24. The SMILES string of the molecule is Cc1cncc2nc(C)n(CCCCSc3ccc(F)cc3F)c12. The Kier molecular flexibility index (Phi) is 5.14. The van der Waals surface area contributed by atoms with Crippen LogP contribution in [0.4, 0.5) is 8.78 Å². The smallest absolute Gasteiger partial charge is 0.139 e. The van der Waals surface area contributed by atoms with Crippen molar-refractivity contribution in [1.82, 2.24) is 14.5 Å². The van der Waals surface area contributed by atoms with Gasteiger partial charge in [0, 0.05) is 23.7 Å². The predicted octanol–water partition coefficient (Wildman–Crippen LogP) is 4.90. The summed E-state index contributed by atoms with van der Waals surface area (Å²) < 4.78 is 28.7. The van der Waals surface area contributed by atoms with Gasteiger partial charge in [-0.25, -0.2) is 13.8 Å². The molecule has 2 aromatic heterocycles. The van der Waals surface area contributed by atoms with Crippen LogP contribution in [0.2, 0.25) is 0 Å². The summed E-state index contributed by atoms with van der Waals surface area (Å²) in [7, 11) is 0. The summed E-state index contributed by atoms with van der Waals surface area (Å²) in [4.78, 5) is 9.24. The number of fused-ring (bicyclic) bond motifs is 1. The van der Waals surface area contributed by atoms with E-state index in [4.69, 9.17) is 0 Å². The first kappa shape index (κ1) is 16.9. The zero-order valence-corrected chi connectivity index (χ0v) is 14.5. The number of aryl methyl sites for hydroxylation is 3. The van der Waals surface area contributed by atoms with Crippen LogP contribution >= 0.6 is 11.8 Å². The van der Waals surface area contributed by atoms with Crippen molar-refractivity contribution in [2.24, 2.45) is 0 Å². The molecule has 0 aliphatic heterocycles. The highest BCUT2D eigenvalue weighted by atomic mass is 32.2. The second-order valence-corrected chi connectivity index (χ2v) is 6.90. The van der Waals surface area contributed by atoms with Gasteiger partial charge in [-0.1, -0.05) is 0 Å². The van der Waals surface area contributed by atoms with Crippen molar-refractivity contribution in [1.29, 1.82) is 0 Å². The van der Waals surface area contributed by atoms with Crippen LogP contribution in [0.15, 0.2) is 35.5 Å². The molecule has 0 fully saturated rings. The first-order chi connectivity index (χ1) is 11.6. The molecule has 0 N–H and O–H groups in total. The van der Waals surface area contributed by atoms with Crippen molar-refractivity contribution in [2.45, 2.75) is 38.1 Å². The average Bonchev–Trinajstić information content (AvgIpc) is 2.86. The van der Waals surface area contributed by atoms with E-state index >= 15 is 0 Å². The molecule has 2 heterocycles. The van der Waals surface area contributed by atoms with Gasteiger partial charge >= 0.3 is 0 Å². The molecule has 3 rings (SSSR count). The van der Waals surface area contributed by atoms with Crippen molar-refractivity contribution in [2.75, 3.05) is 5.75 Å². The topological polar surface area (TPSA) is 30.7 Å². The van der Waals surface area contributed by atoms with E-state index in [0.29, 0.717) is 4.90 Å². The van der Waals surface area contributed by atoms with Gasteiger partial charge in [-0.2, -0.15) is 0 Å². The van der Waals surface area contributed by atoms with Crippen molar-refractivity contribution >= 4 is 22.8 Å². The summed E-state index contributed by atoms with van der Waals surface area (Å²) in [6, 6.07) is 3.72. The number of halogens is 2. The Balaban J connectivity index is 1.56. The summed E-state index contributed by atoms with van der Waals surface area (Å²) in [5.41, 5.74) is 3.19. The number of hydrogen-bond acceptors (Lipinski definition) is 3. The first-order valence-electron chi connectivity index (χ1n) is 7.91. The summed E-state index contributed by atoms with van der Waals surface area (Å²) in [6.07, 6.45) is 5.57. The molecule has 3 aromatic rings. The van der Waals surface area contributed by atoms with Crippen LogP contribution in [0, 0.1) is 25.5 Å². The van der Waals surface area contributed by atoms with Crippen molar-refractivity contribution < 1.29 is 8.78 Å². The standard InChI is InChI=1S/C18H19F2N3S/c1-12-10-21-11-16-18(12)23(13(2)22-16)7-3-4-8-24-17-6-5-14(19)9-15(17)20/h5-6,9-11H,3-4,7-8H2,1-2H3. The van der Waals surface area contributed by atoms with Gasteiger partial charge in [-0.15, -0.1) is 11.8 Å². The summed E-state index contributed by atoms with van der Waals surface area (Å²) >= 11 is 1.43. The van der Waals surface area contributed by atoms with Crippen LogP contribution < -0.4 is 0 Å². The van der Waals surface area contributed by atoms with E-state index in [1.807, 2.05) is 20.0 Å². The highest BCUT2D eigenvalue weighted by molar-refractivity contribution is 7.99. The molecule has 0 aliphatic rings. The molecule has 0 spiro atoms. The van der Waals surface area contributed by atoms with Crippen LogP contribution in [0.25, 0.3) is 11.0 Å². The molecule has 6 heteroatoms. The molecule has 0 bridgehead atoms. The minimum atomic E-state index is -0.538. The van der Waals surface area contributed by atoms with Gasteiger partial charge < -0.3 is 4.57 Å². The van der Waals surface area contributed by atoms with E-state index in [0.717, 1.165) is 53.6 Å². The Hall–Kier alpha value is -1.95. The van der Waals surface area contributed by atoms with Crippen molar-refractivity contribution in [3.05, 3.63) is 53.6 Å². The Morgan fingerprint density at radius 3 is 2.75 bits per heavy atom. The zero-order chi connectivity index (χ0) is 17.1. The van der Waals surface area contributed by atoms with Crippen LogP contribution in [-0.2, 0) is 6.54 Å². The van der Waals surface area contributed by atoms with Gasteiger partial charge in [0.05, 0.1) is 11.7 Å². The fourth-order valence-corrected chi connectivity index (χ4v) is 3.72. The minimum Gasteiger partial charge on any atom is -0.328 e. The van der Waals surface area contributed by atoms with Gasteiger partial charge in [0.1, 0.15) is 23.0 Å². The van der Waals surface area contributed by atoms with Gasteiger partial charge in [-0.05, 0) is 50.1 Å². The second-order valence-electron chi connectivity index (χ2n) is 5.77. The molecule has 126 valence electrons. The maximum Gasteiger partial charge on any atom is 0.139 e. The van der Waals surface area contributed by atoms with Gasteiger partial charge in [0.2, 0.25) is 0 Å². The van der Waals surface area contributed by atoms with E-state index < -0.39 is 11.6 Å². The summed E-state index contributed by atoms with van der Waals surface area (Å²) in [5.74, 6) is 0.761. The first-order valence-corrected chi connectivity index (χ1v) is 8.90. The molecule has 0 saturated heterocycles. The number of unbranched alkanes of at least 4 members (excludes halogenated alkanes) is 1. The fourth-order valence-electron chi connectivity index (χ4n) is 2.79. The van der Waals surface area contributed by atoms with Crippen molar-refractivity contribution in [3.63, 3.8) is 0 Å². The van der Waals surface area contributed by atoms with Crippen LogP contribution in [0.1, 0.15) is 24.2 Å². The molecule has 24 heavy (non-hydrogen) atoms. The molecule has 0 unspecified atom stereocenters. The number of nitrogens with zero attached hydrogens (tertiary/aromatic N) is 3. The normalized spacial score (nSPS) is 11.3. The molecule has 0 radical (unpaired) electrons. The maximum absolute atomic E-state index is 13.6. The predicted molar refractivity (Wildman–Crippen MR) is 93.3 cm³/mol. The third-order valence-corrected chi connectivity index (χ3v) is 5.09. The van der Waals surface area contributed by atoms with E-state index in [9.17, 15) is 8.78 Å². The molecular weight excluding hydrogens is 328 g/mol. The highest BCUT2D eigenvalue weighted by Gasteiger charge is 2.10. The number of rotatable bonds is 6. The lowest BCUT2D eigenvalue weighted by Gasteiger charge is -2.08. The quantitative estimate of drug-likeness (QED) is 0.469. The van der Waals surface area contributed by atoms with Gasteiger partial charge in [0.25, 0.3) is 0 Å². The van der Waals surface area contributed by atoms with Crippen molar-refractivity contribution in [3.8, 4) is 0 Å². The molecule has 1 aromatic carbocycles. The Morgan fingerprint density at radius 1 is 1.12 bits per heavy atom. The molecule has 0 amide bonds. The number of benzene rings is 1. The number of thioether (sulfide) groups is 1. The number of pyridine rings is 1. The van der Waals surface area contributed by atoms with E-state index in [1.165, 1.54) is 23.9 Å². The second kappa shape index (κ2) is 7.30. The summed E-state index contributed by atoms with van der Waals surface area (Å²) in [6.45, 7) is 4.92. The largest absolute Gasteiger partial charge is 0.328 e. The summed E-state index contributed by atoms with van der Waals surface area (Å²) in [5, 5.41) is 0. The fraction of sp³-hybridized carbons (Fsp3) is 0.333. The number of imidazole rings is 1. The lowest BCUT2D eigenvalue weighted by molar-refractivity contribution is 0.565. The van der Waals surface area contributed by atoms with E-state index in [-0.39, 0.29) is 0 Å². The molecular formula is C18H19F2N3S. The lowest BCUT2D eigenvalue weighted by atomic mass is 10.2. The number of aromatic nitrogens is 3. The molecule has 0 aliphatic carbocycles. The third kappa shape index (κ3) is 3.59. The van der Waals surface area contributed by atoms with Gasteiger partial charge in [0.15, 0.2) is 0 Å².